The predicted molar refractivity (Wildman–Crippen MR) is 76.6 cm³/mol. The van der Waals surface area contributed by atoms with Gasteiger partial charge in [0.15, 0.2) is 0 Å². The average Bonchev–Trinajstić information content (AvgIpc) is 2.64. The van der Waals surface area contributed by atoms with Crippen LogP contribution >= 0.6 is 0 Å². The summed E-state index contributed by atoms with van der Waals surface area (Å²) in [6, 6.07) is 3.01. The third-order valence-electron chi connectivity index (χ3n) is 4.08. The summed E-state index contributed by atoms with van der Waals surface area (Å²) in [5.41, 5.74) is -0.545. The maximum Gasteiger partial charge on any atom is 0.270 e. The second-order valence-electron chi connectivity index (χ2n) is 5.62. The first-order chi connectivity index (χ1) is 9.99. The molecule has 0 aliphatic heterocycles. The van der Waals surface area contributed by atoms with Crippen LogP contribution in [-0.2, 0) is 0 Å². The zero-order valence-corrected chi connectivity index (χ0v) is 12.0. The van der Waals surface area contributed by atoms with Gasteiger partial charge in [0, 0.05) is 18.2 Å². The molecule has 1 fully saturated rings. The third kappa shape index (κ3) is 3.77. The second-order valence-corrected chi connectivity index (χ2v) is 5.62. The summed E-state index contributed by atoms with van der Waals surface area (Å²) in [5.74, 6) is -0.979. The highest BCUT2D eigenvalue weighted by atomic mass is 19.1. The molecule has 6 heteroatoms. The summed E-state index contributed by atoms with van der Waals surface area (Å²) in [5, 5.41) is 13.6. The molecule has 0 aromatic heterocycles. The number of amides is 1. The van der Waals surface area contributed by atoms with E-state index in [1.807, 2.05) is 0 Å². The van der Waals surface area contributed by atoms with E-state index in [9.17, 15) is 19.3 Å². The molecule has 21 heavy (non-hydrogen) atoms. The lowest BCUT2D eigenvalue weighted by Crippen LogP contribution is -2.39. The van der Waals surface area contributed by atoms with Crippen molar-refractivity contribution in [2.75, 3.05) is 0 Å². The van der Waals surface area contributed by atoms with Crippen molar-refractivity contribution < 1.29 is 14.1 Å². The van der Waals surface area contributed by atoms with Gasteiger partial charge in [0.05, 0.1) is 10.5 Å². The predicted octanol–water partition coefficient (Wildman–Crippen LogP) is 3.43. The molecule has 2 unspecified atom stereocenters. The number of nitrogens with zero attached hydrogens (tertiary/aromatic N) is 1. The Kier molecular flexibility index (Phi) is 4.88. The second kappa shape index (κ2) is 6.65. The SMILES string of the molecule is CC1CCCCCC1NC(=O)c1cc([N+](=O)[O-])ccc1F. The van der Waals surface area contributed by atoms with Gasteiger partial charge in [0.25, 0.3) is 11.6 Å². The molecule has 0 saturated heterocycles. The Morgan fingerprint density at radius 2 is 2.05 bits per heavy atom. The Labute approximate surface area is 122 Å². The maximum atomic E-state index is 13.7. The van der Waals surface area contributed by atoms with E-state index in [4.69, 9.17) is 0 Å². The Morgan fingerprint density at radius 3 is 2.76 bits per heavy atom. The van der Waals surface area contributed by atoms with E-state index in [1.54, 1.807) is 0 Å². The van der Waals surface area contributed by atoms with Crippen molar-refractivity contribution in [2.24, 2.45) is 5.92 Å². The molecule has 1 aliphatic rings. The van der Waals surface area contributed by atoms with E-state index in [-0.39, 0.29) is 17.3 Å². The highest BCUT2D eigenvalue weighted by Crippen LogP contribution is 2.24. The number of rotatable bonds is 3. The topological polar surface area (TPSA) is 72.2 Å². The van der Waals surface area contributed by atoms with Gasteiger partial charge in [-0.25, -0.2) is 4.39 Å². The number of hydrogen-bond acceptors (Lipinski definition) is 3. The van der Waals surface area contributed by atoms with Crippen molar-refractivity contribution in [3.8, 4) is 0 Å². The lowest BCUT2D eigenvalue weighted by molar-refractivity contribution is -0.384. The molecule has 1 aromatic rings. The number of nitro benzene ring substituents is 1. The van der Waals surface area contributed by atoms with Crippen molar-refractivity contribution in [1.29, 1.82) is 0 Å². The van der Waals surface area contributed by atoms with Crippen LogP contribution in [0.25, 0.3) is 0 Å². The fourth-order valence-electron chi connectivity index (χ4n) is 2.75. The third-order valence-corrected chi connectivity index (χ3v) is 4.08. The Morgan fingerprint density at radius 1 is 1.33 bits per heavy atom. The van der Waals surface area contributed by atoms with E-state index in [0.717, 1.165) is 50.3 Å². The molecule has 2 rings (SSSR count). The monoisotopic (exact) mass is 294 g/mol. The maximum absolute atomic E-state index is 13.7. The summed E-state index contributed by atoms with van der Waals surface area (Å²) >= 11 is 0. The number of halogens is 1. The lowest BCUT2D eigenvalue weighted by atomic mass is 9.96. The van der Waals surface area contributed by atoms with Crippen LogP contribution in [0, 0.1) is 21.8 Å². The molecule has 1 amide bonds. The van der Waals surface area contributed by atoms with Gasteiger partial charge in [-0.1, -0.05) is 26.2 Å². The van der Waals surface area contributed by atoms with Gasteiger partial charge in [-0.15, -0.1) is 0 Å². The van der Waals surface area contributed by atoms with Crippen LogP contribution in [-0.4, -0.2) is 16.9 Å². The largest absolute Gasteiger partial charge is 0.349 e. The van der Waals surface area contributed by atoms with E-state index in [0.29, 0.717) is 5.92 Å². The molecule has 0 radical (unpaired) electrons. The van der Waals surface area contributed by atoms with Crippen LogP contribution in [0.2, 0.25) is 0 Å². The van der Waals surface area contributed by atoms with E-state index in [2.05, 4.69) is 12.2 Å². The smallest absolute Gasteiger partial charge is 0.270 e. The molecule has 0 heterocycles. The standard InChI is InChI=1S/C15H19FN2O3/c1-10-5-3-2-4-6-14(10)17-15(19)12-9-11(18(20)21)7-8-13(12)16/h7-10,14H,2-6H2,1H3,(H,17,19). The molecule has 1 aliphatic carbocycles. The molecular weight excluding hydrogens is 275 g/mol. The van der Waals surface area contributed by atoms with Gasteiger partial charge >= 0.3 is 0 Å². The van der Waals surface area contributed by atoms with Crippen molar-refractivity contribution >= 4 is 11.6 Å². The molecule has 1 N–H and O–H groups in total. The zero-order chi connectivity index (χ0) is 15.4. The fraction of sp³-hybridized carbons (Fsp3) is 0.533. The van der Waals surface area contributed by atoms with Crippen LogP contribution in [0.4, 0.5) is 10.1 Å². The molecule has 5 nitrogen and oxygen atoms in total. The van der Waals surface area contributed by atoms with Crippen molar-refractivity contribution in [3.63, 3.8) is 0 Å². The molecule has 1 saturated carbocycles. The highest BCUT2D eigenvalue weighted by molar-refractivity contribution is 5.95. The van der Waals surface area contributed by atoms with E-state index < -0.39 is 16.6 Å². The molecule has 114 valence electrons. The Hall–Kier alpha value is -1.98. The molecular formula is C15H19FN2O3. The number of nitro groups is 1. The van der Waals surface area contributed by atoms with Crippen LogP contribution in [0.3, 0.4) is 0 Å². The molecule has 0 spiro atoms. The number of carbonyl (C=O) groups excluding carboxylic acids is 1. The summed E-state index contributed by atoms with van der Waals surface area (Å²) in [7, 11) is 0. The van der Waals surface area contributed by atoms with Crippen molar-refractivity contribution in [2.45, 2.75) is 45.1 Å². The number of benzene rings is 1. The number of non-ortho nitro benzene ring substituents is 1. The summed E-state index contributed by atoms with van der Waals surface area (Å²) in [4.78, 5) is 22.3. The van der Waals surface area contributed by atoms with Gasteiger partial charge in [-0.3, -0.25) is 14.9 Å². The van der Waals surface area contributed by atoms with Crippen molar-refractivity contribution in [3.05, 3.63) is 39.7 Å². The molecule has 0 bridgehead atoms. The molecule has 1 aromatic carbocycles. The lowest BCUT2D eigenvalue weighted by Gasteiger charge is -2.22. The summed E-state index contributed by atoms with van der Waals surface area (Å²) in [6.45, 7) is 2.07. The van der Waals surface area contributed by atoms with E-state index in [1.165, 1.54) is 0 Å². The normalized spacial score (nSPS) is 22.4. The van der Waals surface area contributed by atoms with Crippen LogP contribution < -0.4 is 5.32 Å². The Bertz CT molecular complexity index is 548. The number of carbonyl (C=O) groups is 1. The highest BCUT2D eigenvalue weighted by Gasteiger charge is 2.24. The minimum absolute atomic E-state index is 0.00124. The fourth-order valence-corrected chi connectivity index (χ4v) is 2.75. The van der Waals surface area contributed by atoms with Gasteiger partial charge in [-0.2, -0.15) is 0 Å². The van der Waals surface area contributed by atoms with E-state index >= 15 is 0 Å². The van der Waals surface area contributed by atoms with Gasteiger partial charge in [-0.05, 0) is 24.8 Å². The quantitative estimate of drug-likeness (QED) is 0.527. The van der Waals surface area contributed by atoms with Crippen molar-refractivity contribution in [1.82, 2.24) is 5.32 Å². The number of nitrogens with one attached hydrogen (secondary N) is 1. The molecule has 2 atom stereocenters. The average molecular weight is 294 g/mol. The van der Waals surface area contributed by atoms with Crippen LogP contribution in [0.1, 0.15) is 49.4 Å². The minimum Gasteiger partial charge on any atom is -0.349 e. The summed E-state index contributed by atoms with van der Waals surface area (Å²) < 4.78 is 13.7. The van der Waals surface area contributed by atoms with Gasteiger partial charge in [0.1, 0.15) is 5.82 Å². The van der Waals surface area contributed by atoms with Gasteiger partial charge < -0.3 is 5.32 Å². The van der Waals surface area contributed by atoms with Crippen LogP contribution in [0.15, 0.2) is 18.2 Å². The number of hydrogen-bond donors (Lipinski definition) is 1. The Balaban J connectivity index is 2.15. The zero-order valence-electron chi connectivity index (χ0n) is 12.0. The van der Waals surface area contributed by atoms with Crippen LogP contribution in [0.5, 0.6) is 0 Å². The summed E-state index contributed by atoms with van der Waals surface area (Å²) in [6.07, 6.45) is 5.21. The van der Waals surface area contributed by atoms with Gasteiger partial charge in [0.2, 0.25) is 0 Å². The first-order valence-electron chi connectivity index (χ1n) is 7.24. The first kappa shape index (κ1) is 15.4. The first-order valence-corrected chi connectivity index (χ1v) is 7.24. The minimum atomic E-state index is -0.737.